The highest BCUT2D eigenvalue weighted by Crippen LogP contribution is 2.41. The van der Waals surface area contributed by atoms with Crippen LogP contribution in [0.15, 0.2) is 48.5 Å². The molecule has 2 aromatic carbocycles. The predicted octanol–water partition coefficient (Wildman–Crippen LogP) is 5.66. The molecule has 0 aromatic heterocycles. The number of carboxylic acid groups (broad SMARTS) is 1. The third-order valence-electron chi connectivity index (χ3n) is 8.89. The number of nitrogens with one attached hydrogen (secondary N) is 3. The van der Waals surface area contributed by atoms with E-state index in [1.165, 1.54) is 12.1 Å². The molecule has 3 amide bonds. The third-order valence-corrected chi connectivity index (χ3v) is 9.13. The van der Waals surface area contributed by atoms with E-state index < -0.39 is 47.3 Å². The second-order valence-electron chi connectivity index (χ2n) is 12.4. The van der Waals surface area contributed by atoms with Crippen molar-refractivity contribution in [3.63, 3.8) is 0 Å². The predicted molar refractivity (Wildman–Crippen MR) is 164 cm³/mol. The van der Waals surface area contributed by atoms with E-state index in [1.54, 1.807) is 18.2 Å². The number of carbonyl (C=O) groups excluding carboxylic acids is 3. The van der Waals surface area contributed by atoms with E-state index in [-0.39, 0.29) is 30.7 Å². The van der Waals surface area contributed by atoms with E-state index >= 15 is 0 Å². The van der Waals surface area contributed by atoms with Gasteiger partial charge in [-0.2, -0.15) is 0 Å². The second-order valence-corrected chi connectivity index (χ2v) is 12.8. The lowest BCUT2D eigenvalue weighted by Gasteiger charge is -2.36. The highest BCUT2D eigenvalue weighted by molar-refractivity contribution is 6.30. The lowest BCUT2D eigenvalue weighted by molar-refractivity contribution is -0.142. The van der Waals surface area contributed by atoms with E-state index in [4.69, 9.17) is 16.3 Å². The van der Waals surface area contributed by atoms with Crippen molar-refractivity contribution in [3.05, 3.63) is 70.5 Å². The van der Waals surface area contributed by atoms with Gasteiger partial charge in [-0.3, -0.25) is 9.59 Å². The largest absolute Gasteiger partial charge is 0.480 e. The molecule has 0 radical (unpaired) electrons. The number of alkyl carbamates (subject to hydrolysis) is 1. The first-order valence-electron chi connectivity index (χ1n) is 15.2. The average molecular weight is 630 g/mol. The Morgan fingerprint density at radius 2 is 1.84 bits per heavy atom. The van der Waals surface area contributed by atoms with Gasteiger partial charge in [0.25, 0.3) is 0 Å². The Labute approximate surface area is 262 Å². The van der Waals surface area contributed by atoms with E-state index in [0.29, 0.717) is 30.0 Å². The fourth-order valence-electron chi connectivity index (χ4n) is 6.30. The summed E-state index contributed by atoms with van der Waals surface area (Å²) in [7, 11) is 0. The van der Waals surface area contributed by atoms with Gasteiger partial charge in [0.1, 0.15) is 18.0 Å². The zero-order valence-electron chi connectivity index (χ0n) is 25.1. The number of ether oxygens (including phenoxy) is 1. The van der Waals surface area contributed by atoms with Gasteiger partial charge in [-0.05, 0) is 73.4 Å². The van der Waals surface area contributed by atoms with Gasteiger partial charge in [0.05, 0.1) is 0 Å². The van der Waals surface area contributed by atoms with E-state index in [9.17, 15) is 28.7 Å². The Bertz CT molecular complexity index is 1340. The fraction of sp³-hybridized carbons (Fsp3) is 0.515. The Morgan fingerprint density at radius 3 is 2.50 bits per heavy atom. The summed E-state index contributed by atoms with van der Waals surface area (Å²) in [6, 6.07) is 11.8. The van der Waals surface area contributed by atoms with Gasteiger partial charge in [0.15, 0.2) is 0 Å². The Balaban J connectivity index is 1.39. The van der Waals surface area contributed by atoms with Crippen LogP contribution in [-0.2, 0) is 24.5 Å². The number of carbonyl (C=O) groups is 4. The standard InChI is InChI=1S/C33H41ClFN3O6/c1-33(2,23-7-5-8-24(34)19-23)29(21-10-13-25(35)14-11-21)44-32(43)38-26-9-4-3-6-20(26)12-15-28(39)37-27(31(41)42)18-22-16-17-36-30(22)40/h5,7-8,10-11,13-14,19-20,22,26-27,29H,3-4,6,9,12,15-18H2,1-2H3,(H,36,40)(H,37,39)(H,38,43)(H,41,42)/t20?,22?,26?,27-,29?/m0/s1. The van der Waals surface area contributed by atoms with Crippen molar-refractivity contribution in [2.45, 2.75) is 88.8 Å². The lowest BCUT2D eigenvalue weighted by Crippen LogP contribution is -2.45. The number of rotatable bonds is 12. The van der Waals surface area contributed by atoms with Gasteiger partial charge in [0.2, 0.25) is 11.8 Å². The van der Waals surface area contributed by atoms with Crippen molar-refractivity contribution in [3.8, 4) is 0 Å². The van der Waals surface area contributed by atoms with Crippen molar-refractivity contribution < 1.29 is 33.4 Å². The molecule has 1 aliphatic heterocycles. The minimum atomic E-state index is -1.17. The summed E-state index contributed by atoms with van der Waals surface area (Å²) in [5, 5.41) is 18.4. The minimum Gasteiger partial charge on any atom is -0.480 e. The van der Waals surface area contributed by atoms with Crippen LogP contribution in [0, 0.1) is 17.7 Å². The summed E-state index contributed by atoms with van der Waals surface area (Å²) in [5.74, 6) is -2.60. The molecule has 2 aliphatic rings. The van der Waals surface area contributed by atoms with Crippen LogP contribution in [-0.4, -0.2) is 47.6 Å². The summed E-state index contributed by atoms with van der Waals surface area (Å²) < 4.78 is 19.8. The van der Waals surface area contributed by atoms with Crippen LogP contribution in [0.25, 0.3) is 0 Å². The van der Waals surface area contributed by atoms with Gasteiger partial charge in [0, 0.05) is 35.4 Å². The van der Waals surface area contributed by atoms with E-state index in [1.807, 2.05) is 32.0 Å². The first-order chi connectivity index (χ1) is 20.9. The van der Waals surface area contributed by atoms with Gasteiger partial charge >= 0.3 is 12.1 Å². The molecular weight excluding hydrogens is 589 g/mol. The molecule has 1 aliphatic carbocycles. The Kier molecular flexibility index (Phi) is 11.2. The first kappa shape index (κ1) is 33.2. The molecule has 2 aromatic rings. The summed E-state index contributed by atoms with van der Waals surface area (Å²) >= 11 is 6.27. The molecule has 1 saturated heterocycles. The van der Waals surface area contributed by atoms with E-state index in [2.05, 4.69) is 16.0 Å². The molecule has 4 unspecified atom stereocenters. The molecule has 4 rings (SSSR count). The topological polar surface area (TPSA) is 134 Å². The highest BCUT2D eigenvalue weighted by Gasteiger charge is 2.37. The number of benzene rings is 2. The molecule has 4 N–H and O–H groups in total. The molecule has 2 fully saturated rings. The van der Waals surface area contributed by atoms with Crippen LogP contribution in [0.5, 0.6) is 0 Å². The number of hydrogen-bond acceptors (Lipinski definition) is 5. The van der Waals surface area contributed by atoms with E-state index in [0.717, 1.165) is 31.2 Å². The molecule has 0 spiro atoms. The third kappa shape index (κ3) is 8.71. The maximum absolute atomic E-state index is 13.8. The quantitative estimate of drug-likeness (QED) is 0.239. The van der Waals surface area contributed by atoms with Gasteiger partial charge < -0.3 is 25.8 Å². The maximum atomic E-state index is 13.8. The molecule has 9 nitrogen and oxygen atoms in total. The smallest absolute Gasteiger partial charge is 0.408 e. The Hall–Kier alpha value is -3.66. The van der Waals surface area contributed by atoms with Crippen LogP contribution >= 0.6 is 11.6 Å². The van der Waals surface area contributed by atoms with Gasteiger partial charge in [-0.1, -0.05) is 62.6 Å². The van der Waals surface area contributed by atoms with Crippen molar-refractivity contribution in [2.75, 3.05) is 6.54 Å². The summed E-state index contributed by atoms with van der Waals surface area (Å²) in [6.45, 7) is 4.38. The second kappa shape index (κ2) is 14.9. The number of halogens is 2. The monoisotopic (exact) mass is 629 g/mol. The van der Waals surface area contributed by atoms with Crippen LogP contribution in [0.3, 0.4) is 0 Å². The molecule has 5 atom stereocenters. The zero-order valence-corrected chi connectivity index (χ0v) is 25.9. The maximum Gasteiger partial charge on any atom is 0.408 e. The van der Waals surface area contributed by atoms with Crippen molar-refractivity contribution in [1.29, 1.82) is 0 Å². The van der Waals surface area contributed by atoms with Crippen molar-refractivity contribution in [1.82, 2.24) is 16.0 Å². The van der Waals surface area contributed by atoms with Crippen LogP contribution in [0.1, 0.15) is 82.4 Å². The van der Waals surface area contributed by atoms with Gasteiger partial charge in [-0.15, -0.1) is 0 Å². The van der Waals surface area contributed by atoms with Crippen LogP contribution < -0.4 is 16.0 Å². The Morgan fingerprint density at radius 1 is 1.11 bits per heavy atom. The number of amides is 3. The average Bonchev–Trinajstić information content (AvgIpc) is 3.39. The minimum absolute atomic E-state index is 0.00357. The number of aliphatic carboxylic acids is 1. The molecule has 238 valence electrons. The number of hydrogen-bond donors (Lipinski definition) is 4. The molecule has 0 bridgehead atoms. The highest BCUT2D eigenvalue weighted by atomic mass is 35.5. The summed E-state index contributed by atoms with van der Waals surface area (Å²) in [6.07, 6.45) is 3.16. The lowest BCUT2D eigenvalue weighted by atomic mass is 9.76. The fourth-order valence-corrected chi connectivity index (χ4v) is 6.50. The normalized spacial score (nSPS) is 21.5. The molecule has 44 heavy (non-hydrogen) atoms. The SMILES string of the molecule is CC(C)(c1cccc(Cl)c1)C(OC(=O)NC1CCCCC1CCC(=O)N[C@@H](CC1CCNC1=O)C(=O)O)c1ccc(F)cc1. The molecule has 11 heteroatoms. The summed E-state index contributed by atoms with van der Waals surface area (Å²) in [4.78, 5) is 49.8. The first-order valence-corrected chi connectivity index (χ1v) is 15.6. The van der Waals surface area contributed by atoms with Crippen molar-refractivity contribution in [2.24, 2.45) is 11.8 Å². The molecule has 1 heterocycles. The zero-order chi connectivity index (χ0) is 31.9. The van der Waals surface area contributed by atoms with Crippen LogP contribution in [0.2, 0.25) is 5.02 Å². The molecule has 1 saturated carbocycles. The van der Waals surface area contributed by atoms with Crippen molar-refractivity contribution >= 4 is 35.5 Å². The number of carboxylic acids is 1. The van der Waals surface area contributed by atoms with Crippen LogP contribution in [0.4, 0.5) is 9.18 Å². The molecular formula is C33H41ClFN3O6. The van der Waals surface area contributed by atoms with Gasteiger partial charge in [-0.25, -0.2) is 14.0 Å². The summed E-state index contributed by atoms with van der Waals surface area (Å²) in [5.41, 5.74) is 0.762.